The molecule has 4 heteroatoms. The topological polar surface area (TPSA) is 20.3 Å². The highest BCUT2D eigenvalue weighted by atomic mass is 19.3. The lowest BCUT2D eigenvalue weighted by atomic mass is 9.79. The first-order chi connectivity index (χ1) is 9.75. The first-order valence-corrected chi connectivity index (χ1v) is 8.10. The lowest BCUT2D eigenvalue weighted by Gasteiger charge is -2.43. The maximum Gasteiger partial charge on any atom is 0.259 e. The molecule has 0 spiro atoms. The average Bonchev–Trinajstić information content (AvgIpc) is 2.46. The van der Waals surface area contributed by atoms with Crippen LogP contribution < -0.4 is 0 Å². The Morgan fingerprint density at radius 3 is 2.33 bits per heavy atom. The fraction of sp³-hybridized carbons (Fsp3) is 0.824. The van der Waals surface area contributed by atoms with Crippen LogP contribution in [0, 0.1) is 11.3 Å². The predicted molar refractivity (Wildman–Crippen MR) is 80.2 cm³/mol. The Kier molecular flexibility index (Phi) is 4.74. The van der Waals surface area contributed by atoms with Crippen LogP contribution in [0.25, 0.3) is 0 Å². The molecule has 0 unspecified atom stereocenters. The zero-order chi connectivity index (χ0) is 15.7. The number of hydrogen-bond donors (Lipinski definition) is 0. The van der Waals surface area contributed by atoms with Gasteiger partial charge in [0.15, 0.2) is 0 Å². The first-order valence-electron chi connectivity index (χ1n) is 8.10. The van der Waals surface area contributed by atoms with Gasteiger partial charge in [-0.05, 0) is 39.0 Å². The molecule has 21 heavy (non-hydrogen) atoms. The van der Waals surface area contributed by atoms with E-state index >= 15 is 0 Å². The van der Waals surface area contributed by atoms with Crippen molar-refractivity contribution < 1.29 is 13.6 Å². The number of halogens is 2. The van der Waals surface area contributed by atoms with Gasteiger partial charge in [-0.2, -0.15) is 0 Å². The van der Waals surface area contributed by atoms with E-state index in [1.165, 1.54) is 33.1 Å². The van der Waals surface area contributed by atoms with Crippen molar-refractivity contribution >= 4 is 5.91 Å². The van der Waals surface area contributed by atoms with Crippen LogP contribution in [-0.2, 0) is 4.79 Å². The molecule has 1 saturated carbocycles. The Hall–Kier alpha value is -0.930. The lowest BCUT2D eigenvalue weighted by molar-refractivity contribution is -0.165. The quantitative estimate of drug-likeness (QED) is 0.707. The monoisotopic (exact) mass is 299 g/mol. The Morgan fingerprint density at radius 1 is 1.14 bits per heavy atom. The van der Waals surface area contributed by atoms with Crippen molar-refractivity contribution in [2.24, 2.45) is 11.3 Å². The van der Waals surface area contributed by atoms with Crippen LogP contribution in [0.15, 0.2) is 12.2 Å². The largest absolute Gasteiger partial charge is 0.335 e. The van der Waals surface area contributed by atoms with Crippen molar-refractivity contribution in [3.63, 3.8) is 0 Å². The van der Waals surface area contributed by atoms with Crippen molar-refractivity contribution in [3.05, 3.63) is 12.2 Å². The molecule has 120 valence electrons. The molecule has 1 aliphatic carbocycles. The zero-order valence-electron chi connectivity index (χ0n) is 13.4. The molecule has 2 aliphatic rings. The van der Waals surface area contributed by atoms with Gasteiger partial charge in [0.2, 0.25) is 5.91 Å². The Labute approximate surface area is 126 Å². The molecule has 1 aliphatic heterocycles. The average molecular weight is 299 g/mol. The van der Waals surface area contributed by atoms with Gasteiger partial charge in [-0.1, -0.05) is 31.4 Å². The van der Waals surface area contributed by atoms with Gasteiger partial charge in [0.05, 0.1) is 6.04 Å². The van der Waals surface area contributed by atoms with Gasteiger partial charge in [-0.3, -0.25) is 4.79 Å². The number of amides is 1. The number of alkyl halides is 2. The molecule has 1 fully saturated rings. The predicted octanol–water partition coefficient (Wildman–Crippen LogP) is 4.41. The minimum Gasteiger partial charge on any atom is -0.335 e. The molecular formula is C17H27F2NO. The summed E-state index contributed by atoms with van der Waals surface area (Å²) in [7, 11) is 0. The molecule has 1 atom stereocenters. The third kappa shape index (κ3) is 3.29. The fourth-order valence-electron chi connectivity index (χ4n) is 3.37. The zero-order valence-corrected chi connectivity index (χ0v) is 13.4. The van der Waals surface area contributed by atoms with E-state index in [2.05, 4.69) is 12.2 Å². The second-order valence-corrected chi connectivity index (χ2v) is 7.12. The summed E-state index contributed by atoms with van der Waals surface area (Å²) in [5, 5.41) is 0. The van der Waals surface area contributed by atoms with Crippen LogP contribution >= 0.6 is 0 Å². The summed E-state index contributed by atoms with van der Waals surface area (Å²) in [6, 6.07) is 0.00757. The molecule has 0 bridgehead atoms. The summed E-state index contributed by atoms with van der Waals surface area (Å²) < 4.78 is 27.6. The smallest absolute Gasteiger partial charge is 0.259 e. The maximum atomic E-state index is 13.8. The first kappa shape index (κ1) is 16.4. The maximum absolute atomic E-state index is 13.8. The SMILES string of the molecule is CC(F)(F)C(C)(C)C(=O)N1CCC=C[C@H]1C1CCCCC1. The summed E-state index contributed by atoms with van der Waals surface area (Å²) in [6.07, 6.45) is 10.7. The van der Waals surface area contributed by atoms with Gasteiger partial charge in [0.25, 0.3) is 5.92 Å². The number of carbonyl (C=O) groups is 1. The molecule has 0 saturated heterocycles. The van der Waals surface area contributed by atoms with Crippen molar-refractivity contribution in [2.45, 2.75) is 71.3 Å². The van der Waals surface area contributed by atoms with Crippen molar-refractivity contribution in [2.75, 3.05) is 6.54 Å². The van der Waals surface area contributed by atoms with Gasteiger partial charge in [0, 0.05) is 13.5 Å². The van der Waals surface area contributed by atoms with Crippen LogP contribution in [0.5, 0.6) is 0 Å². The normalized spacial score (nSPS) is 25.2. The lowest BCUT2D eigenvalue weighted by Crippen LogP contribution is -2.55. The van der Waals surface area contributed by atoms with E-state index in [9.17, 15) is 13.6 Å². The van der Waals surface area contributed by atoms with Crippen LogP contribution in [0.4, 0.5) is 8.78 Å². The van der Waals surface area contributed by atoms with E-state index in [1.54, 1.807) is 4.90 Å². The molecular weight excluding hydrogens is 272 g/mol. The minimum absolute atomic E-state index is 0.00757. The molecule has 0 aromatic rings. The van der Waals surface area contributed by atoms with E-state index in [-0.39, 0.29) is 6.04 Å². The molecule has 0 radical (unpaired) electrons. The Bertz CT molecular complexity index is 406. The molecule has 0 aromatic carbocycles. The van der Waals surface area contributed by atoms with Gasteiger partial charge in [-0.25, -0.2) is 8.78 Å². The van der Waals surface area contributed by atoms with Crippen LogP contribution in [0.2, 0.25) is 0 Å². The highest BCUT2D eigenvalue weighted by Crippen LogP contribution is 2.40. The van der Waals surface area contributed by atoms with E-state index in [0.717, 1.165) is 26.2 Å². The summed E-state index contributed by atoms with van der Waals surface area (Å²) in [5.74, 6) is -2.99. The van der Waals surface area contributed by atoms with E-state index in [1.807, 2.05) is 0 Å². The Balaban J connectivity index is 2.19. The molecule has 1 amide bonds. The molecule has 1 heterocycles. The summed E-state index contributed by atoms with van der Waals surface area (Å²) in [4.78, 5) is 14.4. The summed E-state index contributed by atoms with van der Waals surface area (Å²) in [6.45, 7) is 4.15. The van der Waals surface area contributed by atoms with Gasteiger partial charge in [-0.15, -0.1) is 0 Å². The molecule has 2 nitrogen and oxygen atoms in total. The van der Waals surface area contributed by atoms with Gasteiger partial charge in [0.1, 0.15) is 5.41 Å². The van der Waals surface area contributed by atoms with Crippen molar-refractivity contribution in [1.29, 1.82) is 0 Å². The van der Waals surface area contributed by atoms with Crippen molar-refractivity contribution in [3.8, 4) is 0 Å². The molecule has 2 rings (SSSR count). The molecule has 0 aromatic heterocycles. The van der Waals surface area contributed by atoms with E-state index in [0.29, 0.717) is 12.5 Å². The third-order valence-electron chi connectivity index (χ3n) is 5.26. The third-order valence-corrected chi connectivity index (χ3v) is 5.26. The van der Waals surface area contributed by atoms with E-state index < -0.39 is 17.2 Å². The van der Waals surface area contributed by atoms with Crippen molar-refractivity contribution in [1.82, 2.24) is 4.90 Å². The minimum atomic E-state index is -3.01. The highest BCUT2D eigenvalue weighted by molar-refractivity contribution is 5.83. The van der Waals surface area contributed by atoms with Gasteiger partial charge < -0.3 is 4.90 Å². The standard InChI is InChI=1S/C17H27F2NO/c1-16(2,17(3,18)19)15(21)20-12-8-7-11-14(20)13-9-5-4-6-10-13/h7,11,13-14H,4-6,8-10,12H2,1-3H3/t14-/m0/s1. The Morgan fingerprint density at radius 2 is 1.76 bits per heavy atom. The van der Waals surface area contributed by atoms with Crippen LogP contribution in [-0.4, -0.2) is 29.3 Å². The van der Waals surface area contributed by atoms with Gasteiger partial charge >= 0.3 is 0 Å². The number of rotatable bonds is 3. The second-order valence-electron chi connectivity index (χ2n) is 7.12. The molecule has 0 N–H and O–H groups in total. The summed E-state index contributed by atoms with van der Waals surface area (Å²) >= 11 is 0. The van der Waals surface area contributed by atoms with Crippen LogP contribution in [0.3, 0.4) is 0 Å². The number of nitrogens with zero attached hydrogens (tertiary/aromatic N) is 1. The van der Waals surface area contributed by atoms with E-state index in [4.69, 9.17) is 0 Å². The van der Waals surface area contributed by atoms with Crippen LogP contribution in [0.1, 0.15) is 59.3 Å². The second kappa shape index (κ2) is 6.05. The summed E-state index contributed by atoms with van der Waals surface area (Å²) in [5.41, 5.74) is -1.65. The fourth-order valence-corrected chi connectivity index (χ4v) is 3.37. The number of hydrogen-bond acceptors (Lipinski definition) is 1. The highest BCUT2D eigenvalue weighted by Gasteiger charge is 2.51. The number of carbonyl (C=O) groups excluding carboxylic acids is 1.